The van der Waals surface area contributed by atoms with Gasteiger partial charge in [-0.3, -0.25) is 0 Å². The zero-order chi connectivity index (χ0) is 11.4. The van der Waals surface area contributed by atoms with Gasteiger partial charge in [0.2, 0.25) is 5.88 Å². The van der Waals surface area contributed by atoms with Gasteiger partial charge in [0.25, 0.3) is 0 Å². The maximum Gasteiger partial charge on any atom is 0.232 e. The standard InChI is InChI=1S/C8H7N7O/c1-16-6-2-5-15(13-6)8-7(12-14-9)10-3-4-11-8/h2-5H,1H3. The van der Waals surface area contributed by atoms with Gasteiger partial charge in [0, 0.05) is 29.6 Å². The molecular weight excluding hydrogens is 210 g/mol. The Morgan fingerprint density at radius 3 is 2.94 bits per heavy atom. The lowest BCUT2D eigenvalue weighted by atomic mass is 10.6. The van der Waals surface area contributed by atoms with E-state index in [9.17, 15) is 0 Å². The summed E-state index contributed by atoms with van der Waals surface area (Å²) in [5.74, 6) is 0.955. The van der Waals surface area contributed by atoms with Crippen molar-refractivity contribution >= 4 is 5.82 Å². The normalized spacial score (nSPS) is 9.56. The fraction of sp³-hybridized carbons (Fsp3) is 0.125. The Kier molecular flexibility index (Phi) is 2.66. The minimum absolute atomic E-state index is 0.163. The van der Waals surface area contributed by atoms with Crippen LogP contribution in [0.3, 0.4) is 0 Å². The molecule has 0 aliphatic heterocycles. The summed E-state index contributed by atoms with van der Waals surface area (Å²) in [5, 5.41) is 7.47. The molecule has 0 N–H and O–H groups in total. The number of hydrogen-bond donors (Lipinski definition) is 0. The molecule has 0 aliphatic carbocycles. The molecule has 0 spiro atoms. The molecule has 16 heavy (non-hydrogen) atoms. The summed E-state index contributed by atoms with van der Waals surface area (Å²) in [4.78, 5) is 10.6. The maximum absolute atomic E-state index is 8.38. The third-order valence-electron chi connectivity index (χ3n) is 1.79. The lowest BCUT2D eigenvalue weighted by Gasteiger charge is -2.01. The second kappa shape index (κ2) is 4.28. The van der Waals surface area contributed by atoms with E-state index < -0.39 is 0 Å². The molecule has 0 bridgehead atoms. The second-order valence-electron chi connectivity index (χ2n) is 2.70. The van der Waals surface area contributed by atoms with E-state index in [4.69, 9.17) is 10.3 Å². The molecule has 0 saturated heterocycles. The third kappa shape index (κ3) is 1.77. The minimum atomic E-state index is 0.163. The SMILES string of the molecule is COc1ccn(-c2nccnc2N=[N+]=[N-])n1. The highest BCUT2D eigenvalue weighted by Crippen LogP contribution is 2.18. The first-order valence-corrected chi connectivity index (χ1v) is 4.31. The van der Waals surface area contributed by atoms with E-state index in [1.165, 1.54) is 24.2 Å². The Bertz CT molecular complexity index is 543. The molecule has 0 amide bonds. The topological polar surface area (TPSA) is 102 Å². The van der Waals surface area contributed by atoms with Gasteiger partial charge in [-0.2, -0.15) is 0 Å². The van der Waals surface area contributed by atoms with Crippen LogP contribution in [0, 0.1) is 0 Å². The number of aromatic nitrogens is 4. The van der Waals surface area contributed by atoms with Crippen LogP contribution in [0.15, 0.2) is 29.8 Å². The highest BCUT2D eigenvalue weighted by Gasteiger charge is 2.07. The Morgan fingerprint density at radius 1 is 1.44 bits per heavy atom. The van der Waals surface area contributed by atoms with Crippen LogP contribution in [0.1, 0.15) is 0 Å². The van der Waals surface area contributed by atoms with Crippen molar-refractivity contribution in [1.29, 1.82) is 0 Å². The fourth-order valence-electron chi connectivity index (χ4n) is 1.13. The highest BCUT2D eigenvalue weighted by molar-refractivity contribution is 5.44. The lowest BCUT2D eigenvalue weighted by molar-refractivity contribution is 0.394. The quantitative estimate of drug-likeness (QED) is 0.442. The van der Waals surface area contributed by atoms with Gasteiger partial charge in [-0.1, -0.05) is 0 Å². The highest BCUT2D eigenvalue weighted by atomic mass is 16.5. The number of ether oxygens (including phenoxy) is 1. The largest absolute Gasteiger partial charge is 0.480 e. The van der Waals surface area contributed by atoms with Crippen LogP contribution in [0.5, 0.6) is 5.88 Å². The molecule has 2 aromatic rings. The molecule has 0 atom stereocenters. The average Bonchev–Trinajstić information content (AvgIpc) is 2.79. The van der Waals surface area contributed by atoms with E-state index in [0.29, 0.717) is 11.7 Å². The average molecular weight is 217 g/mol. The summed E-state index contributed by atoms with van der Waals surface area (Å²) < 4.78 is 6.36. The van der Waals surface area contributed by atoms with Gasteiger partial charge in [-0.15, -0.1) is 5.10 Å². The predicted octanol–water partition coefficient (Wildman–Crippen LogP) is 1.61. The molecule has 0 fully saturated rings. The summed E-state index contributed by atoms with van der Waals surface area (Å²) in [6.07, 6.45) is 4.56. The Hall–Kier alpha value is -2.60. The van der Waals surface area contributed by atoms with Crippen LogP contribution < -0.4 is 4.74 Å². The number of hydrogen-bond acceptors (Lipinski definition) is 5. The maximum atomic E-state index is 8.38. The molecule has 0 aliphatic rings. The van der Waals surface area contributed by atoms with Crippen molar-refractivity contribution in [2.75, 3.05) is 7.11 Å². The van der Waals surface area contributed by atoms with Crippen LogP contribution >= 0.6 is 0 Å². The summed E-state index contributed by atoms with van der Waals surface area (Å²) in [6, 6.07) is 1.66. The van der Waals surface area contributed by atoms with Crippen LogP contribution in [-0.4, -0.2) is 26.9 Å². The van der Waals surface area contributed by atoms with E-state index >= 15 is 0 Å². The van der Waals surface area contributed by atoms with E-state index in [1.54, 1.807) is 12.3 Å². The van der Waals surface area contributed by atoms with Gasteiger partial charge in [-0.05, 0) is 10.6 Å². The number of methoxy groups -OCH3 is 1. The molecule has 0 unspecified atom stereocenters. The van der Waals surface area contributed by atoms with Crippen molar-refractivity contribution in [3.05, 3.63) is 35.1 Å². The number of rotatable bonds is 3. The van der Waals surface area contributed by atoms with E-state index in [0.717, 1.165) is 0 Å². The van der Waals surface area contributed by atoms with Gasteiger partial charge in [0.05, 0.1) is 7.11 Å². The second-order valence-corrected chi connectivity index (χ2v) is 2.70. The molecule has 0 saturated carbocycles. The Labute approximate surface area is 90.1 Å². The number of azide groups is 1. The number of nitrogens with zero attached hydrogens (tertiary/aromatic N) is 7. The van der Waals surface area contributed by atoms with Crippen molar-refractivity contribution in [3.63, 3.8) is 0 Å². The molecule has 2 rings (SSSR count). The van der Waals surface area contributed by atoms with E-state index in [-0.39, 0.29) is 5.82 Å². The zero-order valence-electron chi connectivity index (χ0n) is 8.35. The fourth-order valence-corrected chi connectivity index (χ4v) is 1.13. The van der Waals surface area contributed by atoms with Crippen LogP contribution in [-0.2, 0) is 0 Å². The van der Waals surface area contributed by atoms with Crippen molar-refractivity contribution in [3.8, 4) is 11.7 Å². The molecular formula is C8H7N7O. The summed E-state index contributed by atoms with van der Waals surface area (Å²) in [5.41, 5.74) is 8.38. The van der Waals surface area contributed by atoms with Crippen molar-refractivity contribution in [1.82, 2.24) is 19.7 Å². The lowest BCUT2D eigenvalue weighted by Crippen LogP contribution is -1.99. The van der Waals surface area contributed by atoms with Gasteiger partial charge >= 0.3 is 0 Å². The van der Waals surface area contributed by atoms with E-state index in [1.807, 2.05) is 0 Å². The summed E-state index contributed by atoms with van der Waals surface area (Å²) in [7, 11) is 1.51. The zero-order valence-corrected chi connectivity index (χ0v) is 8.35. The minimum Gasteiger partial charge on any atom is -0.480 e. The van der Waals surface area contributed by atoms with Gasteiger partial charge in [0.15, 0.2) is 11.6 Å². The predicted molar refractivity (Wildman–Crippen MR) is 54.5 cm³/mol. The summed E-state index contributed by atoms with van der Waals surface area (Å²) >= 11 is 0. The molecule has 2 heterocycles. The van der Waals surface area contributed by atoms with E-state index in [2.05, 4.69) is 25.1 Å². The molecule has 8 nitrogen and oxygen atoms in total. The molecule has 80 valence electrons. The van der Waals surface area contributed by atoms with Crippen LogP contribution in [0.4, 0.5) is 5.82 Å². The first-order valence-electron chi connectivity index (χ1n) is 4.31. The monoisotopic (exact) mass is 217 g/mol. The van der Waals surface area contributed by atoms with Gasteiger partial charge in [0.1, 0.15) is 0 Å². The van der Waals surface area contributed by atoms with Crippen molar-refractivity contribution in [2.24, 2.45) is 5.11 Å². The molecule has 2 aromatic heterocycles. The van der Waals surface area contributed by atoms with Crippen LogP contribution in [0.2, 0.25) is 0 Å². The smallest absolute Gasteiger partial charge is 0.232 e. The summed E-state index contributed by atoms with van der Waals surface area (Å²) in [6.45, 7) is 0. The first kappa shape index (κ1) is 9.94. The van der Waals surface area contributed by atoms with Crippen LogP contribution in [0.25, 0.3) is 16.3 Å². The Morgan fingerprint density at radius 2 is 2.25 bits per heavy atom. The molecule has 0 aromatic carbocycles. The van der Waals surface area contributed by atoms with Crippen molar-refractivity contribution in [2.45, 2.75) is 0 Å². The third-order valence-corrected chi connectivity index (χ3v) is 1.79. The Balaban J connectivity index is 2.50. The van der Waals surface area contributed by atoms with Gasteiger partial charge < -0.3 is 4.74 Å². The first-order chi connectivity index (χ1) is 7.85. The van der Waals surface area contributed by atoms with Crippen molar-refractivity contribution < 1.29 is 4.74 Å². The molecule has 8 heteroatoms. The molecule has 0 radical (unpaired) electrons. The van der Waals surface area contributed by atoms with Gasteiger partial charge in [-0.25, -0.2) is 14.6 Å².